The van der Waals surface area contributed by atoms with Gasteiger partial charge in [-0.25, -0.2) is 4.68 Å². The number of aromatic nitrogens is 3. The first kappa shape index (κ1) is 21.8. The van der Waals surface area contributed by atoms with Crippen LogP contribution in [0.1, 0.15) is 46.4 Å². The predicted molar refractivity (Wildman–Crippen MR) is 126 cm³/mol. The van der Waals surface area contributed by atoms with Crippen LogP contribution in [0.4, 0.5) is 0 Å². The zero-order valence-electron chi connectivity index (χ0n) is 18.9. The Morgan fingerprint density at radius 3 is 2.12 bits per heavy atom. The molecule has 3 heterocycles. The summed E-state index contributed by atoms with van der Waals surface area (Å²) in [6.45, 7) is 5.43. The molecule has 0 spiro atoms. The van der Waals surface area contributed by atoms with Gasteiger partial charge in [-0.2, -0.15) is 0 Å². The van der Waals surface area contributed by atoms with Crippen molar-refractivity contribution in [3.8, 4) is 0 Å². The SMILES string of the molecule is O=C(c1cn(C2CCN(CC(c3ccccc3)c3ccccc3)CC2)nn1)N1CCOCC1. The van der Waals surface area contributed by atoms with Gasteiger partial charge < -0.3 is 14.5 Å². The molecule has 5 rings (SSSR count). The molecule has 2 aromatic carbocycles. The number of amides is 1. The molecule has 0 unspecified atom stereocenters. The first-order valence-corrected chi connectivity index (χ1v) is 11.9. The number of morpholine rings is 1. The van der Waals surface area contributed by atoms with Gasteiger partial charge in [-0.3, -0.25) is 4.79 Å². The molecule has 1 amide bonds. The Morgan fingerprint density at radius 2 is 1.52 bits per heavy atom. The van der Waals surface area contributed by atoms with E-state index in [1.165, 1.54) is 11.1 Å². The maximum Gasteiger partial charge on any atom is 0.276 e. The smallest absolute Gasteiger partial charge is 0.276 e. The number of rotatable bonds is 6. The Kier molecular flexibility index (Phi) is 6.79. The summed E-state index contributed by atoms with van der Waals surface area (Å²) in [5, 5.41) is 8.49. The molecular formula is C26H31N5O2. The lowest BCUT2D eigenvalue weighted by molar-refractivity contribution is 0.0299. The molecule has 2 saturated heterocycles. The van der Waals surface area contributed by atoms with Crippen molar-refractivity contribution < 1.29 is 9.53 Å². The van der Waals surface area contributed by atoms with Crippen LogP contribution in [0.2, 0.25) is 0 Å². The van der Waals surface area contributed by atoms with Crippen molar-refractivity contribution in [1.29, 1.82) is 0 Å². The fourth-order valence-electron chi connectivity index (χ4n) is 4.88. The van der Waals surface area contributed by atoms with E-state index in [1.54, 1.807) is 4.90 Å². The summed E-state index contributed by atoms with van der Waals surface area (Å²) < 4.78 is 7.24. The van der Waals surface area contributed by atoms with Crippen LogP contribution in [0.3, 0.4) is 0 Å². The Balaban J connectivity index is 1.21. The zero-order chi connectivity index (χ0) is 22.5. The zero-order valence-corrected chi connectivity index (χ0v) is 18.9. The van der Waals surface area contributed by atoms with Crippen molar-refractivity contribution in [1.82, 2.24) is 24.8 Å². The highest BCUT2D eigenvalue weighted by Gasteiger charge is 2.27. The Labute approximate surface area is 195 Å². The van der Waals surface area contributed by atoms with Crippen molar-refractivity contribution in [2.24, 2.45) is 0 Å². The average Bonchev–Trinajstić information content (AvgIpc) is 3.39. The monoisotopic (exact) mass is 445 g/mol. The number of likely N-dealkylation sites (tertiary alicyclic amines) is 1. The molecule has 0 bridgehead atoms. The minimum absolute atomic E-state index is 0.0458. The van der Waals surface area contributed by atoms with E-state index < -0.39 is 0 Å². The topological polar surface area (TPSA) is 63.5 Å². The van der Waals surface area contributed by atoms with Crippen molar-refractivity contribution in [2.45, 2.75) is 24.8 Å². The second kappa shape index (κ2) is 10.3. The Hall–Kier alpha value is -3.03. The summed E-state index contributed by atoms with van der Waals surface area (Å²) in [5.74, 6) is 0.309. The molecule has 0 N–H and O–H groups in total. The highest BCUT2D eigenvalue weighted by Crippen LogP contribution is 2.29. The summed E-state index contributed by atoms with van der Waals surface area (Å²) >= 11 is 0. The van der Waals surface area contributed by atoms with Gasteiger partial charge >= 0.3 is 0 Å². The van der Waals surface area contributed by atoms with Crippen LogP contribution in [0, 0.1) is 0 Å². The summed E-state index contributed by atoms with van der Waals surface area (Å²) in [5.41, 5.74) is 3.15. The number of benzene rings is 2. The molecule has 0 atom stereocenters. The second-order valence-electron chi connectivity index (χ2n) is 8.89. The lowest BCUT2D eigenvalue weighted by Gasteiger charge is -2.34. The van der Waals surface area contributed by atoms with Gasteiger partial charge in [-0.15, -0.1) is 5.10 Å². The maximum absolute atomic E-state index is 12.7. The van der Waals surface area contributed by atoms with Crippen LogP contribution in [-0.4, -0.2) is 76.6 Å². The van der Waals surface area contributed by atoms with E-state index in [-0.39, 0.29) is 11.9 Å². The summed E-state index contributed by atoms with van der Waals surface area (Å²) in [4.78, 5) is 17.0. The molecule has 7 nitrogen and oxygen atoms in total. The van der Waals surface area contributed by atoms with Crippen LogP contribution >= 0.6 is 0 Å². The van der Waals surface area contributed by atoms with E-state index in [0.717, 1.165) is 32.5 Å². The summed E-state index contributed by atoms with van der Waals surface area (Å²) in [6, 6.07) is 21.8. The third-order valence-corrected chi connectivity index (χ3v) is 6.80. The number of piperidine rings is 1. The molecule has 2 aliphatic rings. The molecular weight excluding hydrogens is 414 g/mol. The molecule has 0 radical (unpaired) electrons. The molecule has 2 aliphatic heterocycles. The highest BCUT2D eigenvalue weighted by atomic mass is 16.5. The van der Waals surface area contributed by atoms with Crippen molar-refractivity contribution >= 4 is 5.91 Å². The van der Waals surface area contributed by atoms with Crippen LogP contribution in [0.5, 0.6) is 0 Å². The third-order valence-electron chi connectivity index (χ3n) is 6.80. The second-order valence-corrected chi connectivity index (χ2v) is 8.89. The van der Waals surface area contributed by atoms with E-state index >= 15 is 0 Å². The molecule has 7 heteroatoms. The molecule has 1 aromatic heterocycles. The third kappa shape index (κ3) is 5.15. The maximum atomic E-state index is 12.7. The first-order chi connectivity index (χ1) is 16.3. The minimum Gasteiger partial charge on any atom is -0.378 e. The fourth-order valence-corrected chi connectivity index (χ4v) is 4.88. The number of carbonyl (C=O) groups is 1. The molecule has 0 aliphatic carbocycles. The number of hydrogen-bond acceptors (Lipinski definition) is 5. The quantitative estimate of drug-likeness (QED) is 0.583. The summed E-state index contributed by atoms with van der Waals surface area (Å²) in [6.07, 6.45) is 3.84. The number of hydrogen-bond donors (Lipinski definition) is 0. The molecule has 3 aromatic rings. The lowest BCUT2D eigenvalue weighted by Crippen LogP contribution is -2.40. The van der Waals surface area contributed by atoms with Crippen LogP contribution in [0.25, 0.3) is 0 Å². The van der Waals surface area contributed by atoms with Gasteiger partial charge in [0, 0.05) is 38.6 Å². The predicted octanol–water partition coefficient (Wildman–Crippen LogP) is 3.22. The Morgan fingerprint density at radius 1 is 0.909 bits per heavy atom. The highest BCUT2D eigenvalue weighted by molar-refractivity contribution is 5.92. The van der Waals surface area contributed by atoms with Crippen LogP contribution in [0.15, 0.2) is 66.9 Å². The number of carbonyl (C=O) groups excluding carboxylic acids is 1. The normalized spacial score (nSPS) is 18.0. The average molecular weight is 446 g/mol. The van der Waals surface area contributed by atoms with E-state index in [4.69, 9.17) is 4.74 Å². The van der Waals surface area contributed by atoms with Gasteiger partial charge in [0.15, 0.2) is 5.69 Å². The number of ether oxygens (including phenoxy) is 1. The van der Waals surface area contributed by atoms with Gasteiger partial charge in [-0.1, -0.05) is 65.9 Å². The van der Waals surface area contributed by atoms with E-state index in [1.807, 2.05) is 10.9 Å². The first-order valence-electron chi connectivity index (χ1n) is 11.9. The van der Waals surface area contributed by atoms with Gasteiger partial charge in [0.2, 0.25) is 0 Å². The van der Waals surface area contributed by atoms with Crippen LogP contribution < -0.4 is 0 Å². The van der Waals surface area contributed by atoms with Crippen molar-refractivity contribution in [3.05, 3.63) is 83.7 Å². The van der Waals surface area contributed by atoms with Crippen LogP contribution in [-0.2, 0) is 4.74 Å². The lowest BCUT2D eigenvalue weighted by atomic mass is 9.90. The molecule has 2 fully saturated rings. The Bertz CT molecular complexity index is 986. The molecule has 172 valence electrons. The van der Waals surface area contributed by atoms with E-state index in [0.29, 0.717) is 37.9 Å². The molecule has 33 heavy (non-hydrogen) atoms. The van der Waals surface area contributed by atoms with Gasteiger partial charge in [0.25, 0.3) is 5.91 Å². The van der Waals surface area contributed by atoms with E-state index in [2.05, 4.69) is 75.9 Å². The van der Waals surface area contributed by atoms with Gasteiger partial charge in [-0.05, 0) is 24.0 Å². The fraction of sp³-hybridized carbons (Fsp3) is 0.423. The summed E-state index contributed by atoms with van der Waals surface area (Å²) in [7, 11) is 0. The van der Waals surface area contributed by atoms with E-state index in [9.17, 15) is 4.79 Å². The minimum atomic E-state index is -0.0458. The number of nitrogens with zero attached hydrogens (tertiary/aromatic N) is 5. The standard InChI is InChI=1S/C26H31N5O2/c32-26(30-15-17-33-18-16-30)25-20-31(28-27-25)23-11-13-29(14-12-23)19-24(21-7-3-1-4-8-21)22-9-5-2-6-10-22/h1-10,20,23-24H,11-19H2. The molecule has 0 saturated carbocycles. The van der Waals surface area contributed by atoms with Gasteiger partial charge in [0.05, 0.1) is 25.5 Å². The van der Waals surface area contributed by atoms with Crippen molar-refractivity contribution in [3.63, 3.8) is 0 Å². The van der Waals surface area contributed by atoms with Gasteiger partial charge in [0.1, 0.15) is 0 Å². The largest absolute Gasteiger partial charge is 0.378 e. The van der Waals surface area contributed by atoms with Crippen molar-refractivity contribution in [2.75, 3.05) is 45.9 Å².